The second-order valence-corrected chi connectivity index (χ2v) is 7.20. The number of halogens is 3. The highest BCUT2D eigenvalue weighted by Crippen LogP contribution is 2.26. The van der Waals surface area contributed by atoms with Gasteiger partial charge in [0.25, 0.3) is 17.7 Å². The van der Waals surface area contributed by atoms with E-state index in [1.807, 2.05) is 0 Å². The van der Waals surface area contributed by atoms with Gasteiger partial charge in [-0.1, -0.05) is 15.9 Å². The summed E-state index contributed by atoms with van der Waals surface area (Å²) in [5, 5.41) is 2.22. The van der Waals surface area contributed by atoms with Gasteiger partial charge in [0.15, 0.2) is 0 Å². The van der Waals surface area contributed by atoms with Gasteiger partial charge < -0.3 is 11.1 Å². The van der Waals surface area contributed by atoms with Gasteiger partial charge in [0.2, 0.25) is 5.91 Å². The van der Waals surface area contributed by atoms with Gasteiger partial charge >= 0.3 is 0 Å². The summed E-state index contributed by atoms with van der Waals surface area (Å²) in [6, 6.07) is 6.01. The second kappa shape index (κ2) is 8.08. The lowest BCUT2D eigenvalue weighted by molar-refractivity contribution is -0.116. The zero-order chi connectivity index (χ0) is 21.3. The molecule has 2 aromatic carbocycles. The van der Waals surface area contributed by atoms with Crippen LogP contribution in [0.5, 0.6) is 0 Å². The summed E-state index contributed by atoms with van der Waals surface area (Å²) in [6.45, 7) is -0.00415. The van der Waals surface area contributed by atoms with Gasteiger partial charge in [-0.2, -0.15) is 0 Å². The van der Waals surface area contributed by atoms with Crippen molar-refractivity contribution in [2.45, 2.75) is 12.8 Å². The summed E-state index contributed by atoms with van der Waals surface area (Å²) in [6.07, 6.45) is -0.0101. The molecule has 0 saturated carbocycles. The van der Waals surface area contributed by atoms with Crippen LogP contribution in [-0.4, -0.2) is 35.1 Å². The molecule has 3 N–H and O–H groups in total. The van der Waals surface area contributed by atoms with Crippen molar-refractivity contribution in [1.29, 1.82) is 0 Å². The molecule has 0 aromatic heterocycles. The Balaban J connectivity index is 1.60. The second-order valence-electron chi connectivity index (χ2n) is 6.28. The third-order valence-electron chi connectivity index (χ3n) is 4.31. The van der Waals surface area contributed by atoms with E-state index in [1.54, 1.807) is 18.2 Å². The van der Waals surface area contributed by atoms with Crippen LogP contribution < -0.4 is 11.1 Å². The molecule has 4 amide bonds. The number of carbonyl (C=O) groups is 4. The molecule has 0 atom stereocenters. The van der Waals surface area contributed by atoms with E-state index in [2.05, 4.69) is 21.2 Å². The molecule has 3 rings (SSSR count). The van der Waals surface area contributed by atoms with Crippen LogP contribution in [-0.2, 0) is 4.79 Å². The fraction of sp³-hybridized carbons (Fsp3) is 0.158. The fourth-order valence-corrected chi connectivity index (χ4v) is 3.27. The van der Waals surface area contributed by atoms with Crippen molar-refractivity contribution in [3.63, 3.8) is 0 Å². The maximum Gasteiger partial charge on any atom is 0.261 e. The van der Waals surface area contributed by atoms with Crippen molar-refractivity contribution in [2.75, 3.05) is 11.9 Å². The first-order valence-electron chi connectivity index (χ1n) is 8.43. The van der Waals surface area contributed by atoms with Crippen molar-refractivity contribution in [3.05, 3.63) is 63.1 Å². The van der Waals surface area contributed by atoms with E-state index in [0.29, 0.717) is 10.5 Å². The Bertz CT molecular complexity index is 1060. The normalized spacial score (nSPS) is 12.9. The van der Waals surface area contributed by atoms with Crippen LogP contribution in [0.3, 0.4) is 0 Å². The molecule has 29 heavy (non-hydrogen) atoms. The van der Waals surface area contributed by atoms with Crippen molar-refractivity contribution < 1.29 is 28.0 Å². The number of hydrogen-bond acceptors (Lipinski definition) is 4. The minimum Gasteiger partial charge on any atom is -0.366 e. The number of fused-ring (bicyclic) bond motifs is 1. The van der Waals surface area contributed by atoms with Gasteiger partial charge in [-0.25, -0.2) is 8.78 Å². The summed E-state index contributed by atoms with van der Waals surface area (Å²) in [5.41, 5.74) is 4.62. The molecule has 1 heterocycles. The van der Waals surface area contributed by atoms with E-state index in [9.17, 15) is 28.0 Å². The van der Waals surface area contributed by atoms with Crippen LogP contribution in [0, 0.1) is 11.6 Å². The van der Waals surface area contributed by atoms with Crippen LogP contribution >= 0.6 is 15.9 Å². The minimum absolute atomic E-state index is 0.00415. The molecule has 0 radical (unpaired) electrons. The average Bonchev–Trinajstić information content (AvgIpc) is 2.88. The predicted molar refractivity (Wildman–Crippen MR) is 102 cm³/mol. The summed E-state index contributed by atoms with van der Waals surface area (Å²) < 4.78 is 27.9. The Morgan fingerprint density at radius 2 is 1.72 bits per heavy atom. The van der Waals surface area contributed by atoms with E-state index in [1.165, 1.54) is 0 Å². The van der Waals surface area contributed by atoms with Gasteiger partial charge in [-0.3, -0.25) is 24.1 Å². The van der Waals surface area contributed by atoms with E-state index in [0.717, 1.165) is 11.0 Å². The van der Waals surface area contributed by atoms with Crippen molar-refractivity contribution in [2.24, 2.45) is 5.73 Å². The van der Waals surface area contributed by atoms with Crippen LogP contribution in [0.25, 0.3) is 0 Å². The van der Waals surface area contributed by atoms with E-state index in [4.69, 9.17) is 5.73 Å². The lowest BCUT2D eigenvalue weighted by Gasteiger charge is -2.13. The van der Waals surface area contributed by atoms with Gasteiger partial charge in [-0.15, -0.1) is 0 Å². The standard InChI is InChI=1S/C19H14BrF2N3O4/c20-9-3-4-10-11(6-9)19(29)25(18(10)28)5-1-2-16(26)24-15-7-12(17(23)27)13(21)8-14(15)22/h3-4,6-8H,1-2,5H2,(H2,23,27)(H,24,26). The van der Waals surface area contributed by atoms with Crippen LogP contribution in [0.2, 0.25) is 0 Å². The average molecular weight is 466 g/mol. The molecule has 0 saturated heterocycles. The Morgan fingerprint density at radius 3 is 2.41 bits per heavy atom. The molecular weight excluding hydrogens is 452 g/mol. The van der Waals surface area contributed by atoms with Crippen LogP contribution in [0.15, 0.2) is 34.8 Å². The monoisotopic (exact) mass is 465 g/mol. The quantitative estimate of drug-likeness (QED) is 0.639. The molecule has 1 aliphatic heterocycles. The van der Waals surface area contributed by atoms with Gasteiger partial charge in [0.1, 0.15) is 11.6 Å². The minimum atomic E-state index is -1.13. The Kier molecular flexibility index (Phi) is 5.73. The fourth-order valence-electron chi connectivity index (χ4n) is 2.91. The van der Waals surface area contributed by atoms with E-state index < -0.39 is 46.5 Å². The lowest BCUT2D eigenvalue weighted by Crippen LogP contribution is -2.31. The lowest BCUT2D eigenvalue weighted by atomic mass is 10.1. The number of nitrogens with zero attached hydrogens (tertiary/aromatic N) is 1. The van der Waals surface area contributed by atoms with Gasteiger partial charge in [0.05, 0.1) is 22.4 Å². The number of benzene rings is 2. The summed E-state index contributed by atoms with van der Waals surface area (Å²) in [7, 11) is 0. The highest BCUT2D eigenvalue weighted by Gasteiger charge is 2.35. The molecule has 150 valence electrons. The number of hydrogen-bond donors (Lipinski definition) is 2. The van der Waals surface area contributed by atoms with Crippen LogP contribution in [0.1, 0.15) is 43.9 Å². The maximum absolute atomic E-state index is 13.8. The smallest absolute Gasteiger partial charge is 0.261 e. The van der Waals surface area contributed by atoms with Gasteiger partial charge in [-0.05, 0) is 30.7 Å². The van der Waals surface area contributed by atoms with E-state index >= 15 is 0 Å². The third-order valence-corrected chi connectivity index (χ3v) is 4.81. The number of imide groups is 1. The molecule has 0 aliphatic carbocycles. The molecule has 0 unspecified atom stereocenters. The summed E-state index contributed by atoms with van der Waals surface area (Å²) >= 11 is 3.24. The molecule has 0 fully saturated rings. The van der Waals surface area contributed by atoms with Crippen molar-refractivity contribution in [3.8, 4) is 0 Å². The zero-order valence-corrected chi connectivity index (χ0v) is 16.4. The Labute approximate surface area is 172 Å². The highest BCUT2D eigenvalue weighted by atomic mass is 79.9. The number of anilines is 1. The number of carbonyl (C=O) groups excluding carboxylic acids is 4. The highest BCUT2D eigenvalue weighted by molar-refractivity contribution is 9.10. The van der Waals surface area contributed by atoms with E-state index in [-0.39, 0.29) is 30.5 Å². The molecule has 0 spiro atoms. The Hall–Kier alpha value is -3.14. The molecule has 7 nitrogen and oxygen atoms in total. The number of primary amides is 1. The first-order valence-corrected chi connectivity index (χ1v) is 9.22. The number of rotatable bonds is 6. The summed E-state index contributed by atoms with van der Waals surface area (Å²) in [5.74, 6) is -4.84. The first kappa shape index (κ1) is 20.6. The Morgan fingerprint density at radius 1 is 1.03 bits per heavy atom. The number of nitrogens with two attached hydrogens (primary N) is 1. The first-order chi connectivity index (χ1) is 13.7. The molecule has 1 aliphatic rings. The SMILES string of the molecule is NC(=O)c1cc(NC(=O)CCCN2C(=O)c3ccc(Br)cc3C2=O)c(F)cc1F. The summed E-state index contributed by atoms with van der Waals surface area (Å²) in [4.78, 5) is 48.9. The van der Waals surface area contributed by atoms with Gasteiger partial charge in [0, 0.05) is 23.5 Å². The number of nitrogens with one attached hydrogen (secondary N) is 1. The molecule has 0 bridgehead atoms. The molecule has 10 heteroatoms. The number of amides is 4. The van der Waals surface area contributed by atoms with Crippen LogP contribution in [0.4, 0.5) is 14.5 Å². The largest absolute Gasteiger partial charge is 0.366 e. The predicted octanol–water partition coefficient (Wildman–Crippen LogP) is 2.84. The maximum atomic E-state index is 13.8. The third kappa shape index (κ3) is 4.16. The zero-order valence-electron chi connectivity index (χ0n) is 14.8. The molecule has 2 aromatic rings. The van der Waals surface area contributed by atoms with Crippen molar-refractivity contribution >= 4 is 45.2 Å². The topological polar surface area (TPSA) is 110 Å². The van der Waals surface area contributed by atoms with Crippen molar-refractivity contribution in [1.82, 2.24) is 4.90 Å². The molecular formula is C19H14BrF2N3O4.